The first-order valence-corrected chi connectivity index (χ1v) is 8.53. The fourth-order valence-corrected chi connectivity index (χ4v) is 3.58. The van der Waals surface area contributed by atoms with Gasteiger partial charge in [0.15, 0.2) is 5.82 Å². The van der Waals surface area contributed by atoms with Gasteiger partial charge in [0, 0.05) is 55.4 Å². The summed E-state index contributed by atoms with van der Waals surface area (Å²) in [5.74, 6) is 0.532. The van der Waals surface area contributed by atoms with Gasteiger partial charge in [-0.2, -0.15) is 5.26 Å². The van der Waals surface area contributed by atoms with Gasteiger partial charge >= 0.3 is 0 Å². The fraction of sp³-hybridized carbons (Fsp3) is 0.438. The summed E-state index contributed by atoms with van der Waals surface area (Å²) in [7, 11) is 1.75. The molecule has 1 aliphatic rings. The van der Waals surface area contributed by atoms with Crippen LogP contribution in [0.4, 0.5) is 5.82 Å². The first kappa shape index (κ1) is 15.7. The number of aryl methyl sites for hydroxylation is 1. The van der Waals surface area contributed by atoms with E-state index < -0.39 is 0 Å². The fourth-order valence-electron chi connectivity index (χ4n) is 2.81. The smallest absolute Gasteiger partial charge is 0.293 e. The quantitative estimate of drug-likeness (QED) is 0.919. The summed E-state index contributed by atoms with van der Waals surface area (Å²) in [6.07, 6.45) is 5.46. The zero-order chi connectivity index (χ0) is 16.2. The van der Waals surface area contributed by atoms with Crippen molar-refractivity contribution in [2.24, 2.45) is 7.05 Å². The van der Waals surface area contributed by atoms with Gasteiger partial charge in [0.2, 0.25) is 0 Å². The summed E-state index contributed by atoms with van der Waals surface area (Å²) in [4.78, 5) is 19.7. The molecule has 23 heavy (non-hydrogen) atoms. The van der Waals surface area contributed by atoms with Gasteiger partial charge < -0.3 is 14.8 Å². The topological polar surface area (TPSA) is 74.0 Å². The van der Waals surface area contributed by atoms with Crippen molar-refractivity contribution < 1.29 is 0 Å². The molecule has 0 saturated carbocycles. The lowest BCUT2D eigenvalue weighted by molar-refractivity contribution is 0.420. The van der Waals surface area contributed by atoms with Crippen molar-refractivity contribution in [2.45, 2.75) is 25.4 Å². The van der Waals surface area contributed by atoms with Gasteiger partial charge in [0.1, 0.15) is 6.07 Å². The Morgan fingerprint density at radius 2 is 2.43 bits per heavy atom. The second kappa shape index (κ2) is 6.94. The highest BCUT2D eigenvalue weighted by Crippen LogP contribution is 2.17. The number of nitrogens with zero attached hydrogens (tertiary/aromatic N) is 4. The Kier molecular flexibility index (Phi) is 4.74. The second-order valence-electron chi connectivity index (χ2n) is 5.75. The third kappa shape index (κ3) is 3.60. The molecule has 0 aliphatic carbocycles. The number of aromatic nitrogens is 2. The highest BCUT2D eigenvalue weighted by Gasteiger charge is 2.22. The number of nitriles is 1. The third-order valence-electron chi connectivity index (χ3n) is 4.07. The van der Waals surface area contributed by atoms with E-state index >= 15 is 0 Å². The first-order valence-electron chi connectivity index (χ1n) is 7.65. The molecule has 7 heteroatoms. The maximum Gasteiger partial charge on any atom is 0.293 e. The minimum Gasteiger partial charge on any atom is -0.350 e. The van der Waals surface area contributed by atoms with Gasteiger partial charge in [0.05, 0.1) is 5.56 Å². The van der Waals surface area contributed by atoms with Crippen LogP contribution in [0.5, 0.6) is 0 Å². The predicted molar refractivity (Wildman–Crippen MR) is 90.6 cm³/mol. The summed E-state index contributed by atoms with van der Waals surface area (Å²) in [6, 6.07) is 4.40. The molecular formula is C16H19N5OS. The lowest BCUT2D eigenvalue weighted by Crippen LogP contribution is -2.47. The Hall–Kier alpha value is -2.17. The number of anilines is 1. The van der Waals surface area contributed by atoms with Crippen molar-refractivity contribution in [1.29, 1.82) is 5.26 Å². The van der Waals surface area contributed by atoms with Gasteiger partial charge in [-0.15, -0.1) is 11.3 Å². The molecule has 1 aliphatic heterocycles. The van der Waals surface area contributed by atoms with Crippen LogP contribution in [0, 0.1) is 11.3 Å². The molecule has 1 N–H and O–H groups in total. The Morgan fingerprint density at radius 1 is 1.57 bits per heavy atom. The average Bonchev–Trinajstić information content (AvgIpc) is 3.04. The Bertz CT molecular complexity index is 775. The lowest BCUT2D eigenvalue weighted by atomic mass is 10.1. The van der Waals surface area contributed by atoms with E-state index in [0.29, 0.717) is 17.4 Å². The highest BCUT2D eigenvalue weighted by atomic mass is 32.1. The normalized spacial score (nSPS) is 17.9. The largest absolute Gasteiger partial charge is 0.350 e. The van der Waals surface area contributed by atoms with E-state index in [0.717, 1.165) is 37.4 Å². The van der Waals surface area contributed by atoms with Crippen molar-refractivity contribution in [1.82, 2.24) is 14.9 Å². The van der Waals surface area contributed by atoms with Crippen LogP contribution in [0.15, 0.2) is 28.6 Å². The molecule has 0 amide bonds. The van der Waals surface area contributed by atoms with Crippen LogP contribution in [-0.4, -0.2) is 28.7 Å². The maximum atomic E-state index is 12.2. The Balaban J connectivity index is 1.63. The molecule has 120 valence electrons. The summed E-state index contributed by atoms with van der Waals surface area (Å²) in [6.45, 7) is 2.40. The van der Waals surface area contributed by atoms with Crippen molar-refractivity contribution in [3.63, 3.8) is 0 Å². The van der Waals surface area contributed by atoms with E-state index in [1.165, 1.54) is 0 Å². The molecule has 1 fully saturated rings. The van der Waals surface area contributed by atoms with Crippen LogP contribution in [0.1, 0.15) is 23.3 Å². The standard InChI is InChI=1S/C16H19N5OS/c1-20-6-4-18-15(16(20)22)21-5-2-3-13(10-21)19-9-14-7-12(8-17)11-23-14/h4,6-7,11,13,19H,2-3,5,9-10H2,1H3. The van der Waals surface area contributed by atoms with Gasteiger partial charge in [-0.1, -0.05) is 0 Å². The molecule has 0 spiro atoms. The molecule has 2 aromatic heterocycles. The van der Waals surface area contributed by atoms with Gasteiger partial charge in [-0.05, 0) is 18.9 Å². The van der Waals surface area contributed by atoms with Gasteiger partial charge in [-0.3, -0.25) is 4.79 Å². The summed E-state index contributed by atoms with van der Waals surface area (Å²) in [5.41, 5.74) is 0.666. The molecule has 3 heterocycles. The highest BCUT2D eigenvalue weighted by molar-refractivity contribution is 7.10. The zero-order valence-corrected chi connectivity index (χ0v) is 13.8. The number of piperidine rings is 1. The van der Waals surface area contributed by atoms with Crippen LogP contribution in [0.3, 0.4) is 0 Å². The van der Waals surface area contributed by atoms with Crippen LogP contribution < -0.4 is 15.8 Å². The third-order valence-corrected chi connectivity index (χ3v) is 5.00. The lowest BCUT2D eigenvalue weighted by Gasteiger charge is -2.33. The van der Waals surface area contributed by atoms with E-state index in [9.17, 15) is 4.79 Å². The van der Waals surface area contributed by atoms with Gasteiger partial charge in [-0.25, -0.2) is 4.98 Å². The molecule has 6 nitrogen and oxygen atoms in total. The second-order valence-corrected chi connectivity index (χ2v) is 6.74. The Morgan fingerprint density at radius 3 is 3.22 bits per heavy atom. The molecular weight excluding hydrogens is 310 g/mol. The molecule has 1 atom stereocenters. The average molecular weight is 329 g/mol. The maximum absolute atomic E-state index is 12.2. The van der Waals surface area contributed by atoms with E-state index in [1.54, 1.807) is 35.3 Å². The molecule has 0 aromatic carbocycles. The number of hydrogen-bond acceptors (Lipinski definition) is 6. The van der Waals surface area contributed by atoms with Crippen LogP contribution in [-0.2, 0) is 13.6 Å². The van der Waals surface area contributed by atoms with Crippen LogP contribution in [0.25, 0.3) is 0 Å². The summed E-state index contributed by atoms with van der Waals surface area (Å²) < 4.78 is 1.56. The van der Waals surface area contributed by atoms with Crippen molar-refractivity contribution >= 4 is 17.2 Å². The van der Waals surface area contributed by atoms with Crippen LogP contribution >= 0.6 is 11.3 Å². The first-order chi connectivity index (χ1) is 11.2. The summed E-state index contributed by atoms with van der Waals surface area (Å²) in [5, 5.41) is 14.3. The Labute approximate surface area is 139 Å². The van der Waals surface area contributed by atoms with E-state index in [4.69, 9.17) is 5.26 Å². The SMILES string of the molecule is Cn1ccnc(N2CCCC(NCc3cc(C#N)cs3)C2)c1=O. The van der Waals surface area contributed by atoms with E-state index in [2.05, 4.69) is 21.3 Å². The van der Waals surface area contributed by atoms with E-state index in [1.807, 2.05) is 11.4 Å². The van der Waals surface area contributed by atoms with Crippen molar-refractivity contribution in [3.05, 3.63) is 44.6 Å². The molecule has 0 radical (unpaired) electrons. The summed E-state index contributed by atoms with van der Waals surface area (Å²) >= 11 is 1.60. The monoisotopic (exact) mass is 329 g/mol. The minimum atomic E-state index is -0.0509. The minimum absolute atomic E-state index is 0.0509. The van der Waals surface area contributed by atoms with Crippen LogP contribution in [0.2, 0.25) is 0 Å². The number of nitrogens with one attached hydrogen (secondary N) is 1. The molecule has 3 rings (SSSR count). The van der Waals surface area contributed by atoms with Gasteiger partial charge in [0.25, 0.3) is 5.56 Å². The number of hydrogen-bond donors (Lipinski definition) is 1. The number of rotatable bonds is 4. The zero-order valence-electron chi connectivity index (χ0n) is 13.0. The molecule has 2 aromatic rings. The van der Waals surface area contributed by atoms with Crippen molar-refractivity contribution in [3.8, 4) is 6.07 Å². The molecule has 1 saturated heterocycles. The predicted octanol–water partition coefficient (Wildman–Crippen LogP) is 1.47. The van der Waals surface area contributed by atoms with E-state index in [-0.39, 0.29) is 5.56 Å². The molecule has 1 unspecified atom stereocenters. The van der Waals surface area contributed by atoms with Crippen molar-refractivity contribution in [2.75, 3.05) is 18.0 Å². The molecule has 0 bridgehead atoms. The number of thiophene rings is 1.